The van der Waals surface area contributed by atoms with E-state index in [-0.39, 0.29) is 6.61 Å². The van der Waals surface area contributed by atoms with Crippen LogP contribution in [0.4, 0.5) is 5.82 Å². The number of aromatic nitrogens is 4. The topological polar surface area (TPSA) is 87.2 Å². The minimum Gasteiger partial charge on any atom is -0.395 e. The maximum absolute atomic E-state index is 9.07. The van der Waals surface area contributed by atoms with Crippen LogP contribution in [0.25, 0.3) is 11.2 Å². The Kier molecular flexibility index (Phi) is 3.84. The molecule has 0 spiro atoms. The van der Waals surface area contributed by atoms with E-state index in [9.17, 15) is 0 Å². The molecule has 0 unspecified atom stereocenters. The van der Waals surface area contributed by atoms with Gasteiger partial charge in [0.2, 0.25) is 0 Å². The number of aliphatic hydroxyl groups is 1. The van der Waals surface area contributed by atoms with Gasteiger partial charge in [0.1, 0.15) is 11.8 Å². The largest absolute Gasteiger partial charge is 0.395 e. The molecule has 0 saturated carbocycles. The Morgan fingerprint density at radius 3 is 3.00 bits per heavy atom. The van der Waals surface area contributed by atoms with Crippen molar-refractivity contribution in [2.45, 2.75) is 0 Å². The molecule has 0 aromatic carbocycles. The number of hydrogen-bond donors (Lipinski definition) is 2. The molecule has 0 radical (unpaired) electrons. The molecule has 7 heteroatoms. The van der Waals surface area contributed by atoms with Crippen molar-refractivity contribution in [2.75, 3.05) is 38.3 Å². The summed E-state index contributed by atoms with van der Waals surface area (Å²) in [6, 6.07) is 0. The molecular formula is C10H15N5O2. The lowest BCUT2D eigenvalue weighted by Gasteiger charge is -2.22. The zero-order chi connectivity index (χ0) is 12.1. The summed E-state index contributed by atoms with van der Waals surface area (Å²) in [5.74, 6) is 0.735. The highest BCUT2D eigenvalue weighted by Gasteiger charge is 2.13. The first-order valence-electron chi connectivity index (χ1n) is 5.35. The molecule has 2 aromatic heterocycles. The quantitative estimate of drug-likeness (QED) is 0.723. The van der Waals surface area contributed by atoms with Gasteiger partial charge in [-0.3, -0.25) is 0 Å². The van der Waals surface area contributed by atoms with Crippen LogP contribution in [0.1, 0.15) is 0 Å². The van der Waals surface area contributed by atoms with Gasteiger partial charge in [-0.2, -0.15) is 0 Å². The zero-order valence-corrected chi connectivity index (χ0v) is 9.63. The van der Waals surface area contributed by atoms with Crippen LogP contribution < -0.4 is 4.90 Å². The van der Waals surface area contributed by atoms with Gasteiger partial charge in [0.15, 0.2) is 11.5 Å². The van der Waals surface area contributed by atoms with Crippen molar-refractivity contribution in [1.29, 1.82) is 0 Å². The van der Waals surface area contributed by atoms with Crippen LogP contribution in [-0.4, -0.2) is 58.5 Å². The third kappa shape index (κ3) is 2.51. The van der Waals surface area contributed by atoms with E-state index in [1.807, 2.05) is 4.90 Å². The van der Waals surface area contributed by atoms with Gasteiger partial charge in [0.25, 0.3) is 0 Å². The van der Waals surface area contributed by atoms with E-state index in [0.29, 0.717) is 25.3 Å². The highest BCUT2D eigenvalue weighted by Crippen LogP contribution is 2.18. The average molecular weight is 237 g/mol. The van der Waals surface area contributed by atoms with E-state index in [1.54, 1.807) is 13.4 Å². The molecule has 0 aliphatic rings. The van der Waals surface area contributed by atoms with E-state index in [4.69, 9.17) is 9.84 Å². The molecule has 0 fully saturated rings. The molecular weight excluding hydrogens is 222 g/mol. The summed E-state index contributed by atoms with van der Waals surface area (Å²) in [5.41, 5.74) is 1.40. The van der Waals surface area contributed by atoms with Crippen LogP contribution >= 0.6 is 0 Å². The number of ether oxygens (including phenoxy) is 1. The van der Waals surface area contributed by atoms with Gasteiger partial charge in [-0.25, -0.2) is 15.0 Å². The Labute approximate surface area is 98.5 Å². The van der Waals surface area contributed by atoms with E-state index in [0.717, 1.165) is 11.3 Å². The maximum Gasteiger partial charge on any atom is 0.182 e. The Hall–Kier alpha value is -1.73. The molecule has 0 bridgehead atoms. The van der Waals surface area contributed by atoms with Gasteiger partial charge in [0.05, 0.1) is 19.5 Å². The summed E-state index contributed by atoms with van der Waals surface area (Å²) >= 11 is 0. The minimum atomic E-state index is 0.0589. The Morgan fingerprint density at radius 2 is 2.24 bits per heavy atom. The molecule has 0 aliphatic carbocycles. The molecule has 0 amide bonds. The molecule has 17 heavy (non-hydrogen) atoms. The Morgan fingerprint density at radius 1 is 1.35 bits per heavy atom. The lowest BCUT2D eigenvalue weighted by atomic mass is 10.4. The van der Waals surface area contributed by atoms with Crippen molar-refractivity contribution in [2.24, 2.45) is 0 Å². The minimum absolute atomic E-state index is 0.0589. The number of aromatic amines is 1. The van der Waals surface area contributed by atoms with E-state index < -0.39 is 0 Å². The predicted octanol–water partition coefficient (Wildman–Crippen LogP) is -0.202. The number of methoxy groups -OCH3 is 1. The molecule has 2 heterocycles. The number of anilines is 1. The summed E-state index contributed by atoms with van der Waals surface area (Å²) in [7, 11) is 1.64. The SMILES string of the molecule is COCCN(CCO)c1ncnc2nc[nH]c12. The normalized spacial score (nSPS) is 10.9. The highest BCUT2D eigenvalue weighted by molar-refractivity contribution is 5.82. The summed E-state index contributed by atoms with van der Waals surface area (Å²) in [6.45, 7) is 1.78. The van der Waals surface area contributed by atoms with Crippen LogP contribution in [0.5, 0.6) is 0 Å². The maximum atomic E-state index is 9.07. The molecule has 0 saturated heterocycles. The van der Waals surface area contributed by atoms with Gasteiger partial charge >= 0.3 is 0 Å². The first kappa shape index (κ1) is 11.7. The van der Waals surface area contributed by atoms with Crippen molar-refractivity contribution in [3.8, 4) is 0 Å². The average Bonchev–Trinajstić information content (AvgIpc) is 2.82. The monoisotopic (exact) mass is 237 g/mol. The van der Waals surface area contributed by atoms with Crippen LogP contribution in [0.2, 0.25) is 0 Å². The van der Waals surface area contributed by atoms with Crippen LogP contribution in [0, 0.1) is 0 Å². The van der Waals surface area contributed by atoms with Crippen molar-refractivity contribution in [1.82, 2.24) is 19.9 Å². The number of aliphatic hydroxyl groups excluding tert-OH is 1. The molecule has 2 rings (SSSR count). The van der Waals surface area contributed by atoms with E-state index in [1.165, 1.54) is 6.33 Å². The molecule has 2 aromatic rings. The molecule has 2 N–H and O–H groups in total. The Balaban J connectivity index is 2.30. The fourth-order valence-electron chi connectivity index (χ4n) is 1.64. The smallest absolute Gasteiger partial charge is 0.182 e. The Bertz CT molecular complexity index is 472. The standard InChI is InChI=1S/C10H15N5O2/c1-17-5-3-15(2-4-16)10-8-9(12-6-11-8)13-7-14-10/h6-7,16H,2-5H2,1H3,(H,11,12,13,14). The second-order valence-electron chi connectivity index (χ2n) is 3.50. The van der Waals surface area contributed by atoms with Crippen molar-refractivity contribution in [3.05, 3.63) is 12.7 Å². The lowest BCUT2D eigenvalue weighted by molar-refractivity contribution is 0.202. The molecule has 0 aliphatic heterocycles. The van der Waals surface area contributed by atoms with Crippen molar-refractivity contribution < 1.29 is 9.84 Å². The van der Waals surface area contributed by atoms with Gasteiger partial charge in [-0.1, -0.05) is 0 Å². The van der Waals surface area contributed by atoms with Gasteiger partial charge in [-0.15, -0.1) is 0 Å². The van der Waals surface area contributed by atoms with Gasteiger partial charge < -0.3 is 19.7 Å². The third-order valence-electron chi connectivity index (χ3n) is 2.44. The van der Waals surface area contributed by atoms with Gasteiger partial charge in [-0.05, 0) is 0 Å². The summed E-state index contributed by atoms with van der Waals surface area (Å²) in [5, 5.41) is 9.07. The van der Waals surface area contributed by atoms with E-state index >= 15 is 0 Å². The molecule has 7 nitrogen and oxygen atoms in total. The summed E-state index contributed by atoms with van der Waals surface area (Å²) in [4.78, 5) is 17.3. The number of nitrogens with one attached hydrogen (secondary N) is 1. The predicted molar refractivity (Wildman–Crippen MR) is 62.9 cm³/mol. The fraction of sp³-hybridized carbons (Fsp3) is 0.500. The summed E-state index contributed by atoms with van der Waals surface area (Å²) in [6.07, 6.45) is 3.05. The van der Waals surface area contributed by atoms with Crippen LogP contribution in [0.15, 0.2) is 12.7 Å². The molecule has 0 atom stereocenters. The first-order chi connectivity index (χ1) is 8.36. The van der Waals surface area contributed by atoms with Crippen LogP contribution in [0.3, 0.4) is 0 Å². The number of nitrogens with zero attached hydrogens (tertiary/aromatic N) is 4. The van der Waals surface area contributed by atoms with Crippen molar-refractivity contribution >= 4 is 17.0 Å². The zero-order valence-electron chi connectivity index (χ0n) is 9.63. The van der Waals surface area contributed by atoms with Gasteiger partial charge in [0, 0.05) is 20.2 Å². The molecule has 92 valence electrons. The number of imidazole rings is 1. The second-order valence-corrected chi connectivity index (χ2v) is 3.50. The summed E-state index contributed by atoms with van der Waals surface area (Å²) < 4.78 is 5.04. The fourth-order valence-corrected chi connectivity index (χ4v) is 1.64. The second kappa shape index (κ2) is 5.55. The number of rotatable bonds is 6. The number of fused-ring (bicyclic) bond motifs is 1. The van der Waals surface area contributed by atoms with Crippen molar-refractivity contribution in [3.63, 3.8) is 0 Å². The lowest BCUT2D eigenvalue weighted by Crippen LogP contribution is -2.31. The third-order valence-corrected chi connectivity index (χ3v) is 2.44. The van der Waals surface area contributed by atoms with Crippen LogP contribution in [-0.2, 0) is 4.74 Å². The van der Waals surface area contributed by atoms with E-state index in [2.05, 4.69) is 19.9 Å². The number of hydrogen-bond acceptors (Lipinski definition) is 6. The highest BCUT2D eigenvalue weighted by atomic mass is 16.5. The first-order valence-corrected chi connectivity index (χ1v) is 5.35. The number of H-pyrrole nitrogens is 1.